The van der Waals surface area contributed by atoms with Gasteiger partial charge in [0.1, 0.15) is 6.54 Å². The minimum Gasteiger partial charge on any atom is -0.344 e. The van der Waals surface area contributed by atoms with Crippen LogP contribution < -0.4 is 9.62 Å². The number of aryl methyl sites for hydroxylation is 1. The van der Waals surface area contributed by atoms with Gasteiger partial charge in [-0.15, -0.1) is 0 Å². The Bertz CT molecular complexity index is 1220. The third-order valence-electron chi connectivity index (χ3n) is 4.79. The first-order chi connectivity index (χ1) is 15.1. The molecule has 0 saturated heterocycles. The molecule has 32 heavy (non-hydrogen) atoms. The van der Waals surface area contributed by atoms with Crippen LogP contribution in [0.15, 0.2) is 66.7 Å². The Hall–Kier alpha value is -2.25. The van der Waals surface area contributed by atoms with Gasteiger partial charge in [-0.05, 0) is 30.2 Å². The van der Waals surface area contributed by atoms with Crippen molar-refractivity contribution in [1.82, 2.24) is 5.32 Å². The van der Waals surface area contributed by atoms with Crippen molar-refractivity contribution in [2.75, 3.05) is 17.1 Å². The molecule has 0 fully saturated rings. The fraction of sp³-hybridized carbons (Fsp3) is 0.174. The summed E-state index contributed by atoms with van der Waals surface area (Å²) in [6.07, 6.45) is 0.994. The van der Waals surface area contributed by atoms with E-state index in [-0.39, 0.29) is 20.8 Å². The smallest absolute Gasteiger partial charge is 0.241 e. The van der Waals surface area contributed by atoms with Crippen LogP contribution in [0.3, 0.4) is 0 Å². The number of amides is 1. The highest BCUT2D eigenvalue weighted by Gasteiger charge is 2.26. The lowest BCUT2D eigenvalue weighted by Gasteiger charge is -2.26. The van der Waals surface area contributed by atoms with Gasteiger partial charge in [-0.25, -0.2) is 8.42 Å². The number of hydrogen-bond donors (Lipinski definition) is 1. The summed E-state index contributed by atoms with van der Waals surface area (Å²) in [5.41, 5.74) is 2.89. The molecule has 0 spiro atoms. The Labute approximate surface area is 203 Å². The van der Waals surface area contributed by atoms with Crippen LogP contribution in [0.1, 0.15) is 22.7 Å². The first-order valence-corrected chi connectivity index (χ1v) is 12.6. The highest BCUT2D eigenvalue weighted by molar-refractivity contribution is 7.92. The zero-order chi connectivity index (χ0) is 23.5. The molecular formula is C23H21Cl3N2O3S. The number of halogens is 3. The number of sulfonamides is 1. The fourth-order valence-electron chi connectivity index (χ4n) is 3.18. The molecule has 0 aliphatic heterocycles. The van der Waals surface area contributed by atoms with Crippen molar-refractivity contribution in [3.63, 3.8) is 0 Å². The third-order valence-corrected chi connectivity index (χ3v) is 6.95. The van der Waals surface area contributed by atoms with Gasteiger partial charge in [0.05, 0.1) is 33.1 Å². The average Bonchev–Trinajstić information content (AvgIpc) is 2.74. The predicted octanol–water partition coefficient (Wildman–Crippen LogP) is 5.63. The van der Waals surface area contributed by atoms with Gasteiger partial charge < -0.3 is 5.32 Å². The number of hydrogen-bond acceptors (Lipinski definition) is 3. The molecule has 0 aliphatic carbocycles. The second kappa shape index (κ2) is 10.1. The lowest BCUT2D eigenvalue weighted by Crippen LogP contribution is -2.42. The van der Waals surface area contributed by atoms with E-state index < -0.39 is 28.5 Å². The molecule has 1 amide bonds. The predicted molar refractivity (Wildman–Crippen MR) is 131 cm³/mol. The Morgan fingerprint density at radius 2 is 1.47 bits per heavy atom. The van der Waals surface area contributed by atoms with Crippen LogP contribution in [0.4, 0.5) is 5.69 Å². The van der Waals surface area contributed by atoms with E-state index in [2.05, 4.69) is 5.32 Å². The molecule has 0 heterocycles. The SMILES string of the molecule is Cc1ccc(C(NC(=O)CN(c2cc(Cl)c(Cl)cc2Cl)S(C)(=O)=O)c2ccccc2)cc1. The van der Waals surface area contributed by atoms with Crippen molar-refractivity contribution in [3.8, 4) is 0 Å². The summed E-state index contributed by atoms with van der Waals surface area (Å²) < 4.78 is 25.9. The summed E-state index contributed by atoms with van der Waals surface area (Å²) in [4.78, 5) is 13.0. The molecular weight excluding hydrogens is 491 g/mol. The Balaban J connectivity index is 1.93. The molecule has 168 valence electrons. The maximum atomic E-state index is 13.0. The van der Waals surface area contributed by atoms with Gasteiger partial charge in [0.25, 0.3) is 0 Å². The molecule has 1 N–H and O–H groups in total. The third kappa shape index (κ3) is 5.95. The quantitative estimate of drug-likeness (QED) is 0.418. The van der Waals surface area contributed by atoms with E-state index in [0.29, 0.717) is 0 Å². The lowest BCUT2D eigenvalue weighted by atomic mass is 9.98. The summed E-state index contributed by atoms with van der Waals surface area (Å²) in [5.74, 6) is -0.507. The molecule has 0 aromatic heterocycles. The fourth-order valence-corrected chi connectivity index (χ4v) is 4.74. The van der Waals surface area contributed by atoms with Crippen molar-refractivity contribution in [1.29, 1.82) is 0 Å². The van der Waals surface area contributed by atoms with Crippen LogP contribution in [-0.4, -0.2) is 27.1 Å². The van der Waals surface area contributed by atoms with E-state index in [4.69, 9.17) is 34.8 Å². The van der Waals surface area contributed by atoms with E-state index in [1.54, 1.807) is 0 Å². The minimum absolute atomic E-state index is 0.0655. The normalized spacial score (nSPS) is 12.3. The van der Waals surface area contributed by atoms with Crippen LogP contribution in [-0.2, 0) is 14.8 Å². The first kappa shape index (κ1) is 24.4. The zero-order valence-electron chi connectivity index (χ0n) is 17.3. The van der Waals surface area contributed by atoms with Crippen molar-refractivity contribution >= 4 is 56.4 Å². The van der Waals surface area contributed by atoms with Crippen LogP contribution in [0.2, 0.25) is 15.1 Å². The van der Waals surface area contributed by atoms with E-state index in [1.165, 1.54) is 12.1 Å². The number of carbonyl (C=O) groups is 1. The highest BCUT2D eigenvalue weighted by atomic mass is 35.5. The molecule has 1 atom stereocenters. The molecule has 1 unspecified atom stereocenters. The standard InChI is InChI=1S/C23H21Cl3N2O3S/c1-15-8-10-17(11-9-15)23(16-6-4-3-5-7-16)27-22(29)14-28(32(2,30)31)21-13-19(25)18(24)12-20(21)26/h3-13,23H,14H2,1-2H3,(H,27,29). The first-order valence-electron chi connectivity index (χ1n) is 9.59. The van der Waals surface area contributed by atoms with Crippen molar-refractivity contribution < 1.29 is 13.2 Å². The highest BCUT2D eigenvalue weighted by Crippen LogP contribution is 2.35. The monoisotopic (exact) mass is 510 g/mol. The van der Waals surface area contributed by atoms with Gasteiger partial charge in [-0.1, -0.05) is 95.0 Å². The second-order valence-electron chi connectivity index (χ2n) is 7.31. The molecule has 3 aromatic rings. The molecule has 5 nitrogen and oxygen atoms in total. The molecule has 3 rings (SSSR count). The van der Waals surface area contributed by atoms with E-state index in [9.17, 15) is 13.2 Å². The molecule has 0 bridgehead atoms. The second-order valence-corrected chi connectivity index (χ2v) is 10.4. The number of rotatable bonds is 7. The number of benzene rings is 3. The van der Waals surface area contributed by atoms with Crippen molar-refractivity contribution in [2.24, 2.45) is 0 Å². The lowest BCUT2D eigenvalue weighted by molar-refractivity contribution is -0.120. The van der Waals surface area contributed by atoms with Crippen molar-refractivity contribution in [3.05, 3.63) is 98.5 Å². The summed E-state index contributed by atoms with van der Waals surface area (Å²) in [6.45, 7) is 1.50. The number of anilines is 1. The Morgan fingerprint density at radius 3 is 2.06 bits per heavy atom. The van der Waals surface area contributed by atoms with Crippen LogP contribution in [0, 0.1) is 6.92 Å². The van der Waals surface area contributed by atoms with E-state index >= 15 is 0 Å². The summed E-state index contributed by atoms with van der Waals surface area (Å²) in [6, 6.07) is 19.4. The average molecular weight is 512 g/mol. The zero-order valence-corrected chi connectivity index (χ0v) is 20.4. The summed E-state index contributed by atoms with van der Waals surface area (Å²) in [5, 5.41) is 3.31. The van der Waals surface area contributed by atoms with E-state index in [0.717, 1.165) is 27.3 Å². The maximum absolute atomic E-state index is 13.0. The number of carbonyl (C=O) groups excluding carboxylic acids is 1. The van der Waals surface area contributed by atoms with Crippen LogP contribution in [0.5, 0.6) is 0 Å². The van der Waals surface area contributed by atoms with Gasteiger partial charge in [-0.3, -0.25) is 9.10 Å². The molecule has 0 radical (unpaired) electrons. The Morgan fingerprint density at radius 1 is 0.906 bits per heavy atom. The van der Waals surface area contributed by atoms with E-state index in [1.807, 2.05) is 61.5 Å². The minimum atomic E-state index is -3.85. The van der Waals surface area contributed by atoms with Gasteiger partial charge in [0.15, 0.2) is 0 Å². The van der Waals surface area contributed by atoms with Gasteiger partial charge in [0, 0.05) is 0 Å². The molecule has 0 aliphatic rings. The molecule has 9 heteroatoms. The van der Waals surface area contributed by atoms with Gasteiger partial charge >= 0.3 is 0 Å². The Kier molecular flexibility index (Phi) is 7.72. The topological polar surface area (TPSA) is 66.5 Å². The van der Waals surface area contributed by atoms with Gasteiger partial charge in [-0.2, -0.15) is 0 Å². The van der Waals surface area contributed by atoms with Crippen molar-refractivity contribution in [2.45, 2.75) is 13.0 Å². The maximum Gasteiger partial charge on any atom is 0.241 e. The van der Waals surface area contributed by atoms with Gasteiger partial charge in [0.2, 0.25) is 15.9 Å². The number of nitrogens with one attached hydrogen (secondary N) is 1. The molecule has 0 saturated carbocycles. The summed E-state index contributed by atoms with van der Waals surface area (Å²) >= 11 is 18.2. The van der Waals surface area contributed by atoms with Crippen LogP contribution >= 0.6 is 34.8 Å². The molecule has 3 aromatic carbocycles. The van der Waals surface area contributed by atoms with Crippen LogP contribution in [0.25, 0.3) is 0 Å². The number of nitrogens with zero attached hydrogens (tertiary/aromatic N) is 1. The largest absolute Gasteiger partial charge is 0.344 e. The summed E-state index contributed by atoms with van der Waals surface area (Å²) in [7, 11) is -3.85.